The number of hydrogen-bond donors (Lipinski definition) is 0. The second-order valence-electron chi connectivity index (χ2n) is 4.34. The molecule has 0 saturated carbocycles. The summed E-state index contributed by atoms with van der Waals surface area (Å²) >= 11 is 1.44. The Morgan fingerprint density at radius 3 is 2.95 bits per heavy atom. The van der Waals surface area contributed by atoms with Crippen molar-refractivity contribution in [1.82, 2.24) is 15.0 Å². The summed E-state index contributed by atoms with van der Waals surface area (Å²) in [7, 11) is 1.36. The van der Waals surface area contributed by atoms with E-state index in [9.17, 15) is 9.59 Å². The van der Waals surface area contributed by atoms with E-state index < -0.39 is 0 Å². The lowest BCUT2D eigenvalue weighted by Crippen LogP contribution is -2.24. The van der Waals surface area contributed by atoms with Crippen LogP contribution in [-0.2, 0) is 15.4 Å². The third-order valence-electron chi connectivity index (χ3n) is 2.81. The van der Waals surface area contributed by atoms with Crippen molar-refractivity contribution in [3.63, 3.8) is 0 Å². The van der Waals surface area contributed by atoms with Crippen molar-refractivity contribution in [2.24, 2.45) is 5.92 Å². The zero-order valence-electron chi connectivity index (χ0n) is 11.3. The Morgan fingerprint density at radius 1 is 1.45 bits per heavy atom. The van der Waals surface area contributed by atoms with Crippen LogP contribution in [0, 0.1) is 5.92 Å². The van der Waals surface area contributed by atoms with Crippen molar-refractivity contribution in [2.45, 2.75) is 12.8 Å². The number of ether oxygens (including phenoxy) is 1. The predicted octanol–water partition coefficient (Wildman–Crippen LogP) is 1.29. The summed E-state index contributed by atoms with van der Waals surface area (Å²) in [5.74, 6) is 0.453. The van der Waals surface area contributed by atoms with Crippen molar-refractivity contribution in [1.29, 1.82) is 0 Å². The summed E-state index contributed by atoms with van der Waals surface area (Å²) < 4.78 is 5.95. The molecular weight excluding hydrogens is 278 g/mol. The number of aromatic nitrogens is 3. The number of nitrogens with zero attached hydrogens (tertiary/aromatic N) is 3. The first kappa shape index (κ1) is 14.5. The van der Waals surface area contributed by atoms with Crippen LogP contribution in [0.1, 0.15) is 6.92 Å². The molecule has 0 aliphatic carbocycles. The summed E-state index contributed by atoms with van der Waals surface area (Å²) in [6.45, 7) is 1.79. The molecule has 2 aromatic rings. The summed E-state index contributed by atoms with van der Waals surface area (Å²) in [4.78, 5) is 23.4. The van der Waals surface area contributed by atoms with Crippen LogP contribution < -0.4 is 5.56 Å². The van der Waals surface area contributed by atoms with Crippen molar-refractivity contribution in [2.75, 3.05) is 12.9 Å². The van der Waals surface area contributed by atoms with E-state index in [1.165, 1.54) is 23.6 Å². The molecule has 1 atom stereocenters. The van der Waals surface area contributed by atoms with Crippen molar-refractivity contribution >= 4 is 28.6 Å². The zero-order chi connectivity index (χ0) is 14.5. The van der Waals surface area contributed by atoms with Crippen LogP contribution in [0.2, 0.25) is 0 Å². The van der Waals surface area contributed by atoms with Gasteiger partial charge in [-0.05, 0) is 12.1 Å². The normalized spacial score (nSPS) is 12.3. The number of hydrogen-bond acceptors (Lipinski definition) is 6. The van der Waals surface area contributed by atoms with E-state index >= 15 is 0 Å². The SMILES string of the molecule is COC(=O)C(C)CSCn1nnc2ccccc2c1=O. The van der Waals surface area contributed by atoms with Gasteiger partial charge in [-0.2, -0.15) is 0 Å². The molecule has 0 aliphatic rings. The number of thioether (sulfide) groups is 1. The highest BCUT2D eigenvalue weighted by molar-refractivity contribution is 7.98. The summed E-state index contributed by atoms with van der Waals surface area (Å²) in [6.07, 6.45) is 0. The van der Waals surface area contributed by atoms with E-state index in [2.05, 4.69) is 15.0 Å². The maximum absolute atomic E-state index is 12.1. The number of esters is 1. The Hall–Kier alpha value is -1.89. The molecule has 0 spiro atoms. The molecule has 0 saturated heterocycles. The maximum atomic E-state index is 12.1. The van der Waals surface area contributed by atoms with Gasteiger partial charge in [0.15, 0.2) is 0 Å². The highest BCUT2D eigenvalue weighted by atomic mass is 32.2. The van der Waals surface area contributed by atoms with Crippen LogP contribution in [0.5, 0.6) is 0 Å². The average Bonchev–Trinajstić information content (AvgIpc) is 2.48. The molecule has 1 heterocycles. The summed E-state index contributed by atoms with van der Waals surface area (Å²) in [5, 5.41) is 8.43. The first-order chi connectivity index (χ1) is 9.63. The smallest absolute Gasteiger partial charge is 0.309 e. The Morgan fingerprint density at radius 2 is 2.20 bits per heavy atom. The molecule has 0 aliphatic heterocycles. The second kappa shape index (κ2) is 6.51. The average molecular weight is 293 g/mol. The highest BCUT2D eigenvalue weighted by Gasteiger charge is 2.13. The Bertz CT molecular complexity index is 671. The molecule has 0 radical (unpaired) electrons. The van der Waals surface area contributed by atoms with E-state index in [0.717, 1.165) is 0 Å². The first-order valence-corrected chi connectivity index (χ1v) is 7.27. The standard InChI is InChI=1S/C13H15N3O3S/c1-9(13(18)19-2)7-20-8-16-12(17)10-5-3-4-6-11(10)14-15-16/h3-6,9H,7-8H2,1-2H3. The number of fused-ring (bicyclic) bond motifs is 1. The fourth-order valence-electron chi connectivity index (χ4n) is 1.69. The molecule has 20 heavy (non-hydrogen) atoms. The monoisotopic (exact) mass is 293 g/mol. The lowest BCUT2D eigenvalue weighted by Gasteiger charge is -2.09. The molecule has 0 amide bonds. The minimum Gasteiger partial charge on any atom is -0.469 e. The van der Waals surface area contributed by atoms with Crippen molar-refractivity contribution < 1.29 is 9.53 Å². The zero-order valence-corrected chi connectivity index (χ0v) is 12.1. The van der Waals surface area contributed by atoms with Crippen molar-refractivity contribution in [3.8, 4) is 0 Å². The molecule has 7 heteroatoms. The number of carbonyl (C=O) groups excluding carboxylic acids is 1. The fourth-order valence-corrected chi connectivity index (χ4v) is 2.63. The van der Waals surface area contributed by atoms with Gasteiger partial charge in [0.05, 0.1) is 24.3 Å². The Labute approximate surface area is 120 Å². The van der Waals surface area contributed by atoms with Gasteiger partial charge in [-0.1, -0.05) is 24.3 Å². The topological polar surface area (TPSA) is 74.1 Å². The lowest BCUT2D eigenvalue weighted by atomic mass is 10.2. The number of benzene rings is 1. The molecular formula is C13H15N3O3S. The maximum Gasteiger partial charge on any atom is 0.309 e. The lowest BCUT2D eigenvalue weighted by molar-refractivity contribution is -0.143. The van der Waals surface area contributed by atoms with Crippen LogP contribution >= 0.6 is 11.8 Å². The number of methoxy groups -OCH3 is 1. The van der Waals surface area contributed by atoms with Gasteiger partial charge in [-0.3, -0.25) is 9.59 Å². The van der Waals surface area contributed by atoms with Gasteiger partial charge in [0.25, 0.3) is 5.56 Å². The van der Waals surface area contributed by atoms with Gasteiger partial charge >= 0.3 is 5.97 Å². The van der Waals surface area contributed by atoms with Crippen LogP contribution in [0.3, 0.4) is 0 Å². The molecule has 0 N–H and O–H groups in total. The minimum absolute atomic E-state index is 0.172. The van der Waals surface area contributed by atoms with Gasteiger partial charge in [0.1, 0.15) is 5.52 Å². The van der Waals surface area contributed by atoms with Gasteiger partial charge in [-0.25, -0.2) is 4.68 Å². The molecule has 2 rings (SSSR count). The Balaban J connectivity index is 2.06. The largest absolute Gasteiger partial charge is 0.469 e. The predicted molar refractivity (Wildman–Crippen MR) is 77.4 cm³/mol. The quantitative estimate of drug-likeness (QED) is 0.773. The molecule has 1 unspecified atom stereocenters. The number of rotatable bonds is 5. The van der Waals surface area contributed by atoms with Crippen LogP contribution in [0.15, 0.2) is 29.1 Å². The second-order valence-corrected chi connectivity index (χ2v) is 5.34. The van der Waals surface area contributed by atoms with Gasteiger partial charge in [0, 0.05) is 5.75 Å². The van der Waals surface area contributed by atoms with Gasteiger partial charge < -0.3 is 4.74 Å². The number of carbonyl (C=O) groups is 1. The Kier molecular flexibility index (Phi) is 4.73. The molecule has 1 aromatic heterocycles. The van der Waals surface area contributed by atoms with Gasteiger partial charge in [-0.15, -0.1) is 16.9 Å². The van der Waals surface area contributed by atoms with E-state index in [1.54, 1.807) is 25.1 Å². The molecule has 1 aromatic carbocycles. The highest BCUT2D eigenvalue weighted by Crippen LogP contribution is 2.11. The van der Waals surface area contributed by atoms with E-state index in [1.807, 2.05) is 6.07 Å². The third kappa shape index (κ3) is 3.16. The van der Waals surface area contributed by atoms with Gasteiger partial charge in [0.2, 0.25) is 0 Å². The summed E-state index contributed by atoms with van der Waals surface area (Å²) in [6, 6.07) is 7.08. The first-order valence-electron chi connectivity index (χ1n) is 6.11. The molecule has 0 fully saturated rings. The molecule has 106 valence electrons. The molecule has 0 bridgehead atoms. The van der Waals surface area contributed by atoms with Crippen LogP contribution in [0.4, 0.5) is 0 Å². The third-order valence-corrected chi connectivity index (χ3v) is 3.98. The molecule has 6 nitrogen and oxygen atoms in total. The van der Waals surface area contributed by atoms with E-state index in [0.29, 0.717) is 22.5 Å². The van der Waals surface area contributed by atoms with Crippen LogP contribution in [-0.4, -0.2) is 33.8 Å². The minimum atomic E-state index is -0.255. The van der Waals surface area contributed by atoms with E-state index in [-0.39, 0.29) is 17.4 Å². The fraction of sp³-hybridized carbons (Fsp3) is 0.385. The summed E-state index contributed by atoms with van der Waals surface area (Å²) in [5.41, 5.74) is 0.412. The van der Waals surface area contributed by atoms with Crippen molar-refractivity contribution in [3.05, 3.63) is 34.6 Å². The van der Waals surface area contributed by atoms with Crippen LogP contribution in [0.25, 0.3) is 10.9 Å². The van der Waals surface area contributed by atoms with E-state index in [4.69, 9.17) is 0 Å².